The van der Waals surface area contributed by atoms with Crippen LogP contribution >= 0.6 is 27.5 Å². The highest BCUT2D eigenvalue weighted by Crippen LogP contribution is 2.30. The van der Waals surface area contributed by atoms with Gasteiger partial charge < -0.3 is 9.63 Å². The number of fused-ring (bicyclic) bond motifs is 1. The van der Waals surface area contributed by atoms with Crippen LogP contribution in [0.2, 0.25) is 5.02 Å². The number of nitrogens with zero attached hydrogens (tertiary/aromatic N) is 1. The summed E-state index contributed by atoms with van der Waals surface area (Å²) in [7, 11) is 0. The van der Waals surface area contributed by atoms with Gasteiger partial charge in [0, 0.05) is 10.4 Å². The number of hydrogen-bond donors (Lipinski definition) is 1. The SMILES string of the molecule is O=C(O)C(Br)c1noc2ccc(Cl)cc12. The zero-order valence-electron chi connectivity index (χ0n) is 7.28. The number of carboxylic acids is 1. The highest BCUT2D eigenvalue weighted by Gasteiger charge is 2.22. The quantitative estimate of drug-likeness (QED) is 0.864. The molecule has 1 aromatic heterocycles. The summed E-state index contributed by atoms with van der Waals surface area (Å²) in [6, 6.07) is 4.93. The number of alkyl halides is 1. The van der Waals surface area contributed by atoms with Gasteiger partial charge in [-0.2, -0.15) is 0 Å². The number of carbonyl (C=O) groups is 1. The first kappa shape index (κ1) is 10.4. The van der Waals surface area contributed by atoms with Gasteiger partial charge in [0.1, 0.15) is 5.69 Å². The fraction of sp³-hybridized carbons (Fsp3) is 0.111. The number of hydrogen-bond acceptors (Lipinski definition) is 3. The van der Waals surface area contributed by atoms with Gasteiger partial charge in [0.25, 0.3) is 0 Å². The van der Waals surface area contributed by atoms with E-state index in [0.717, 1.165) is 0 Å². The summed E-state index contributed by atoms with van der Waals surface area (Å²) in [5.41, 5.74) is 0.833. The Bertz CT molecular complexity index is 525. The van der Waals surface area contributed by atoms with Crippen molar-refractivity contribution in [2.24, 2.45) is 0 Å². The van der Waals surface area contributed by atoms with Crippen molar-refractivity contribution in [1.29, 1.82) is 0 Å². The molecule has 2 aromatic rings. The van der Waals surface area contributed by atoms with Gasteiger partial charge in [-0.15, -0.1) is 0 Å². The lowest BCUT2D eigenvalue weighted by Gasteiger charge is -1.99. The average molecular weight is 291 g/mol. The molecule has 0 radical (unpaired) electrons. The minimum atomic E-state index is -1.02. The molecule has 15 heavy (non-hydrogen) atoms. The molecule has 0 aliphatic rings. The summed E-state index contributed by atoms with van der Waals surface area (Å²) in [5, 5.41) is 13.6. The average Bonchev–Trinajstić information content (AvgIpc) is 2.59. The minimum absolute atomic E-state index is 0.319. The third-order valence-electron chi connectivity index (χ3n) is 1.92. The van der Waals surface area contributed by atoms with Crippen molar-refractivity contribution in [1.82, 2.24) is 5.16 Å². The number of halogens is 2. The Hall–Kier alpha value is -1.07. The Balaban J connectivity index is 2.61. The molecule has 1 heterocycles. The van der Waals surface area contributed by atoms with Crippen molar-refractivity contribution in [3.05, 3.63) is 28.9 Å². The number of aromatic nitrogens is 1. The van der Waals surface area contributed by atoms with E-state index in [2.05, 4.69) is 21.1 Å². The van der Waals surface area contributed by atoms with Crippen molar-refractivity contribution in [2.75, 3.05) is 0 Å². The van der Waals surface area contributed by atoms with E-state index in [4.69, 9.17) is 21.2 Å². The Morgan fingerprint density at radius 3 is 3.00 bits per heavy atom. The molecule has 6 heteroatoms. The number of rotatable bonds is 2. The van der Waals surface area contributed by atoms with Gasteiger partial charge in [-0.05, 0) is 18.2 Å². The molecule has 0 amide bonds. The van der Waals surface area contributed by atoms with Crippen LogP contribution in [-0.2, 0) is 4.79 Å². The van der Waals surface area contributed by atoms with Gasteiger partial charge in [-0.3, -0.25) is 4.79 Å². The van der Waals surface area contributed by atoms with Crippen LogP contribution in [0.25, 0.3) is 11.0 Å². The van der Waals surface area contributed by atoms with E-state index in [1.165, 1.54) is 0 Å². The molecule has 78 valence electrons. The third kappa shape index (κ3) is 1.85. The second kappa shape index (κ2) is 3.83. The topological polar surface area (TPSA) is 63.3 Å². The van der Waals surface area contributed by atoms with Crippen LogP contribution in [0.3, 0.4) is 0 Å². The van der Waals surface area contributed by atoms with Gasteiger partial charge in [-0.25, -0.2) is 0 Å². The van der Waals surface area contributed by atoms with Gasteiger partial charge in [0.2, 0.25) is 0 Å². The van der Waals surface area contributed by atoms with E-state index < -0.39 is 10.8 Å². The van der Waals surface area contributed by atoms with Crippen molar-refractivity contribution in [3.8, 4) is 0 Å². The lowest BCUT2D eigenvalue weighted by atomic mass is 10.2. The Morgan fingerprint density at radius 2 is 2.33 bits per heavy atom. The van der Waals surface area contributed by atoms with Crippen LogP contribution in [0, 0.1) is 0 Å². The molecular weight excluding hydrogens is 285 g/mol. The van der Waals surface area contributed by atoms with Crippen LogP contribution in [-0.4, -0.2) is 16.2 Å². The van der Waals surface area contributed by atoms with Crippen molar-refractivity contribution < 1.29 is 14.4 Å². The van der Waals surface area contributed by atoms with E-state index in [-0.39, 0.29) is 0 Å². The second-order valence-corrected chi connectivity index (χ2v) is 4.26. The molecule has 2 rings (SSSR count). The molecular formula is C9H5BrClNO3. The monoisotopic (exact) mass is 289 g/mol. The van der Waals surface area contributed by atoms with E-state index in [0.29, 0.717) is 21.7 Å². The molecule has 0 saturated carbocycles. The first-order valence-corrected chi connectivity index (χ1v) is 5.30. The Kier molecular flexibility index (Phi) is 2.67. The highest BCUT2D eigenvalue weighted by atomic mass is 79.9. The maximum absolute atomic E-state index is 10.8. The molecule has 1 unspecified atom stereocenters. The Labute approximate surface area is 97.9 Å². The third-order valence-corrected chi connectivity index (χ3v) is 2.98. The summed E-state index contributed by atoms with van der Waals surface area (Å²) in [6.07, 6.45) is 0. The molecule has 4 nitrogen and oxygen atoms in total. The molecule has 0 aliphatic carbocycles. The number of aliphatic carboxylic acids is 1. The lowest BCUT2D eigenvalue weighted by molar-refractivity contribution is -0.136. The summed E-state index contributed by atoms with van der Waals surface area (Å²) in [4.78, 5) is 9.87. The molecule has 0 saturated heterocycles. The molecule has 0 bridgehead atoms. The molecule has 1 N–H and O–H groups in total. The zero-order valence-corrected chi connectivity index (χ0v) is 9.62. The lowest BCUT2D eigenvalue weighted by Crippen LogP contribution is -2.04. The fourth-order valence-electron chi connectivity index (χ4n) is 1.23. The fourth-order valence-corrected chi connectivity index (χ4v) is 1.73. The van der Waals surface area contributed by atoms with Crippen molar-refractivity contribution in [2.45, 2.75) is 4.83 Å². The van der Waals surface area contributed by atoms with E-state index in [9.17, 15) is 4.79 Å². The molecule has 0 fully saturated rings. The largest absolute Gasteiger partial charge is 0.480 e. The Morgan fingerprint density at radius 1 is 1.60 bits per heavy atom. The first-order valence-electron chi connectivity index (χ1n) is 4.01. The maximum atomic E-state index is 10.8. The molecule has 1 atom stereocenters. The van der Waals surface area contributed by atoms with E-state index >= 15 is 0 Å². The van der Waals surface area contributed by atoms with Gasteiger partial charge in [0.05, 0.1) is 0 Å². The van der Waals surface area contributed by atoms with Crippen LogP contribution in [0.15, 0.2) is 22.7 Å². The predicted octanol–water partition coefficient (Wildman–Crippen LogP) is 3.00. The standard InChI is InChI=1S/C9H5BrClNO3/c10-7(9(13)14)8-5-3-4(11)1-2-6(5)15-12-8/h1-3,7H,(H,13,14). The van der Waals surface area contributed by atoms with Crippen LogP contribution < -0.4 is 0 Å². The van der Waals surface area contributed by atoms with Crippen LogP contribution in [0.1, 0.15) is 10.5 Å². The first-order chi connectivity index (χ1) is 7.09. The van der Waals surface area contributed by atoms with Crippen molar-refractivity contribution in [3.63, 3.8) is 0 Å². The van der Waals surface area contributed by atoms with Crippen LogP contribution in [0.4, 0.5) is 0 Å². The molecule has 0 aliphatic heterocycles. The number of benzene rings is 1. The number of carboxylic acid groups (broad SMARTS) is 1. The van der Waals surface area contributed by atoms with Gasteiger partial charge in [-0.1, -0.05) is 32.7 Å². The summed E-state index contributed by atoms with van der Waals surface area (Å²) in [6.45, 7) is 0. The summed E-state index contributed by atoms with van der Waals surface area (Å²) in [5.74, 6) is -1.02. The van der Waals surface area contributed by atoms with Gasteiger partial charge >= 0.3 is 5.97 Å². The smallest absolute Gasteiger partial charge is 0.323 e. The van der Waals surface area contributed by atoms with Gasteiger partial charge in [0.15, 0.2) is 10.4 Å². The maximum Gasteiger partial charge on any atom is 0.323 e. The second-order valence-electron chi connectivity index (χ2n) is 2.91. The zero-order chi connectivity index (χ0) is 11.0. The molecule has 0 spiro atoms. The summed E-state index contributed by atoms with van der Waals surface area (Å²) >= 11 is 8.81. The molecule has 1 aromatic carbocycles. The highest BCUT2D eigenvalue weighted by molar-refractivity contribution is 9.09. The predicted molar refractivity (Wildman–Crippen MR) is 58.3 cm³/mol. The van der Waals surface area contributed by atoms with Crippen molar-refractivity contribution >= 4 is 44.5 Å². The van der Waals surface area contributed by atoms with E-state index in [1.54, 1.807) is 18.2 Å². The van der Waals surface area contributed by atoms with E-state index in [1.807, 2.05) is 0 Å². The normalized spacial score (nSPS) is 12.9. The summed E-state index contributed by atoms with van der Waals surface area (Å²) < 4.78 is 4.97. The minimum Gasteiger partial charge on any atom is -0.480 e. The van der Waals surface area contributed by atoms with Crippen LogP contribution in [0.5, 0.6) is 0 Å².